The summed E-state index contributed by atoms with van der Waals surface area (Å²) in [5, 5.41) is 0. The van der Waals surface area contributed by atoms with Crippen LogP contribution >= 0.6 is 0 Å². The summed E-state index contributed by atoms with van der Waals surface area (Å²) < 4.78 is 0. The molecule has 0 unspecified atom stereocenters. The Balaban J connectivity index is 1.53. The molecule has 0 saturated carbocycles. The van der Waals surface area contributed by atoms with E-state index in [9.17, 15) is 4.79 Å². The van der Waals surface area contributed by atoms with Gasteiger partial charge in [0.05, 0.1) is 5.92 Å². The SMILES string of the molecule is CN1CC[C@@H]2CN(c3nc(-c4ccccc4)nc4c3CCC4)C[C@@H]2C1=O. The number of aryl methyl sites for hydroxylation is 1. The first-order valence-electron chi connectivity index (χ1n) is 9.66. The van der Waals surface area contributed by atoms with Crippen LogP contribution in [0.3, 0.4) is 0 Å². The maximum atomic E-state index is 12.6. The Hall–Kier alpha value is -2.43. The smallest absolute Gasteiger partial charge is 0.227 e. The normalized spacial score (nSPS) is 24.7. The molecule has 1 aromatic heterocycles. The Morgan fingerprint density at radius 3 is 2.77 bits per heavy atom. The minimum absolute atomic E-state index is 0.126. The van der Waals surface area contributed by atoms with E-state index in [0.717, 1.165) is 62.5 Å². The number of fused-ring (bicyclic) bond motifs is 2. The highest BCUT2D eigenvalue weighted by atomic mass is 16.2. The van der Waals surface area contributed by atoms with Crippen LogP contribution < -0.4 is 4.90 Å². The lowest BCUT2D eigenvalue weighted by atomic mass is 9.88. The van der Waals surface area contributed by atoms with Gasteiger partial charge in [-0.3, -0.25) is 4.79 Å². The van der Waals surface area contributed by atoms with Gasteiger partial charge in [0, 0.05) is 43.5 Å². The first-order valence-corrected chi connectivity index (χ1v) is 9.66. The van der Waals surface area contributed by atoms with Crippen LogP contribution in [0.4, 0.5) is 5.82 Å². The summed E-state index contributed by atoms with van der Waals surface area (Å²) in [5.74, 6) is 2.79. The predicted octanol–water partition coefficient (Wildman–Crippen LogP) is 2.55. The van der Waals surface area contributed by atoms with Crippen molar-refractivity contribution < 1.29 is 4.79 Å². The second-order valence-electron chi connectivity index (χ2n) is 7.84. The third-order valence-corrected chi connectivity index (χ3v) is 6.21. The summed E-state index contributed by atoms with van der Waals surface area (Å²) in [6, 6.07) is 10.2. The van der Waals surface area contributed by atoms with Crippen molar-refractivity contribution in [3.05, 3.63) is 41.6 Å². The molecule has 2 saturated heterocycles. The van der Waals surface area contributed by atoms with E-state index in [1.807, 2.05) is 30.1 Å². The minimum Gasteiger partial charge on any atom is -0.355 e. The zero-order valence-electron chi connectivity index (χ0n) is 15.2. The van der Waals surface area contributed by atoms with Crippen LogP contribution in [0.25, 0.3) is 11.4 Å². The number of aromatic nitrogens is 2. The number of hydrogen-bond donors (Lipinski definition) is 0. The maximum absolute atomic E-state index is 12.6. The maximum Gasteiger partial charge on any atom is 0.227 e. The Labute approximate surface area is 154 Å². The van der Waals surface area contributed by atoms with Gasteiger partial charge < -0.3 is 9.80 Å². The number of piperidine rings is 1. The van der Waals surface area contributed by atoms with Crippen molar-refractivity contribution >= 4 is 11.7 Å². The standard InChI is InChI=1S/C21H24N4O/c1-24-11-10-15-12-25(13-17(15)21(24)26)20-16-8-5-9-18(16)22-19(23-20)14-6-3-2-4-7-14/h2-4,6-7,15,17H,5,8-13H2,1H3/t15-,17+/m1/s1. The van der Waals surface area contributed by atoms with Crippen molar-refractivity contribution in [3.8, 4) is 11.4 Å². The van der Waals surface area contributed by atoms with Crippen LogP contribution in [0.5, 0.6) is 0 Å². The number of rotatable bonds is 2. The molecule has 3 aliphatic rings. The number of benzene rings is 1. The number of nitrogens with zero attached hydrogens (tertiary/aromatic N) is 4. The molecular weight excluding hydrogens is 324 g/mol. The van der Waals surface area contributed by atoms with E-state index in [1.54, 1.807) is 0 Å². The summed E-state index contributed by atoms with van der Waals surface area (Å²) in [7, 11) is 1.93. The molecule has 2 aliphatic heterocycles. The molecule has 2 atom stereocenters. The lowest BCUT2D eigenvalue weighted by Gasteiger charge is -2.30. The second-order valence-corrected chi connectivity index (χ2v) is 7.84. The van der Waals surface area contributed by atoms with Gasteiger partial charge in [-0.15, -0.1) is 0 Å². The number of hydrogen-bond acceptors (Lipinski definition) is 4. The van der Waals surface area contributed by atoms with Gasteiger partial charge in [0.15, 0.2) is 5.82 Å². The van der Waals surface area contributed by atoms with E-state index in [2.05, 4.69) is 17.0 Å². The minimum atomic E-state index is 0.126. The quantitative estimate of drug-likeness (QED) is 0.837. The van der Waals surface area contributed by atoms with Crippen LogP contribution in [0.2, 0.25) is 0 Å². The highest BCUT2D eigenvalue weighted by molar-refractivity contribution is 5.81. The van der Waals surface area contributed by atoms with Crippen molar-refractivity contribution in [2.45, 2.75) is 25.7 Å². The molecule has 2 aromatic rings. The first-order chi connectivity index (χ1) is 12.7. The van der Waals surface area contributed by atoms with E-state index in [0.29, 0.717) is 11.8 Å². The van der Waals surface area contributed by atoms with Crippen molar-refractivity contribution in [2.24, 2.45) is 11.8 Å². The van der Waals surface area contributed by atoms with Crippen LogP contribution in [-0.2, 0) is 17.6 Å². The molecule has 0 bridgehead atoms. The molecule has 0 radical (unpaired) electrons. The predicted molar refractivity (Wildman–Crippen MR) is 101 cm³/mol. The van der Waals surface area contributed by atoms with Crippen molar-refractivity contribution in [2.75, 3.05) is 31.6 Å². The van der Waals surface area contributed by atoms with E-state index in [1.165, 1.54) is 11.3 Å². The van der Waals surface area contributed by atoms with Gasteiger partial charge in [0.1, 0.15) is 5.82 Å². The van der Waals surface area contributed by atoms with Gasteiger partial charge >= 0.3 is 0 Å². The number of amides is 1. The van der Waals surface area contributed by atoms with Crippen LogP contribution in [0.1, 0.15) is 24.1 Å². The fourth-order valence-electron chi connectivity index (χ4n) is 4.76. The molecule has 5 heteroatoms. The van der Waals surface area contributed by atoms with Gasteiger partial charge in [0.2, 0.25) is 5.91 Å². The number of carbonyl (C=O) groups is 1. The average molecular weight is 348 g/mol. The van der Waals surface area contributed by atoms with E-state index < -0.39 is 0 Å². The van der Waals surface area contributed by atoms with Gasteiger partial charge in [-0.05, 0) is 31.6 Å². The Kier molecular flexibility index (Phi) is 3.69. The number of anilines is 1. The molecule has 5 rings (SSSR count). The van der Waals surface area contributed by atoms with Crippen LogP contribution in [0, 0.1) is 11.8 Å². The second kappa shape index (κ2) is 6.08. The largest absolute Gasteiger partial charge is 0.355 e. The Bertz CT molecular complexity index is 851. The van der Waals surface area contributed by atoms with E-state index in [-0.39, 0.29) is 5.92 Å². The van der Waals surface area contributed by atoms with Crippen molar-refractivity contribution in [1.29, 1.82) is 0 Å². The summed E-state index contributed by atoms with van der Waals surface area (Å²) in [5.41, 5.74) is 3.58. The zero-order valence-corrected chi connectivity index (χ0v) is 15.2. The molecular formula is C21H24N4O. The Morgan fingerprint density at radius 2 is 1.92 bits per heavy atom. The highest BCUT2D eigenvalue weighted by Gasteiger charge is 2.43. The molecule has 1 aromatic carbocycles. The zero-order chi connectivity index (χ0) is 17.7. The highest BCUT2D eigenvalue weighted by Crippen LogP contribution is 2.38. The van der Waals surface area contributed by atoms with Crippen molar-refractivity contribution in [1.82, 2.24) is 14.9 Å². The van der Waals surface area contributed by atoms with E-state index in [4.69, 9.17) is 9.97 Å². The topological polar surface area (TPSA) is 49.3 Å². The fourth-order valence-corrected chi connectivity index (χ4v) is 4.76. The summed E-state index contributed by atoms with van der Waals surface area (Å²) >= 11 is 0. The third kappa shape index (κ3) is 2.49. The molecule has 3 heterocycles. The number of carbonyl (C=O) groups excluding carboxylic acids is 1. The third-order valence-electron chi connectivity index (χ3n) is 6.21. The average Bonchev–Trinajstić information content (AvgIpc) is 3.32. The summed E-state index contributed by atoms with van der Waals surface area (Å²) in [6.07, 6.45) is 4.34. The van der Waals surface area contributed by atoms with Gasteiger partial charge in [-0.1, -0.05) is 30.3 Å². The van der Waals surface area contributed by atoms with Gasteiger partial charge in [-0.2, -0.15) is 0 Å². The summed E-state index contributed by atoms with van der Waals surface area (Å²) in [6.45, 7) is 2.62. The van der Waals surface area contributed by atoms with Crippen LogP contribution in [0.15, 0.2) is 30.3 Å². The van der Waals surface area contributed by atoms with Gasteiger partial charge in [-0.25, -0.2) is 9.97 Å². The molecule has 0 spiro atoms. The van der Waals surface area contributed by atoms with Gasteiger partial charge in [0.25, 0.3) is 0 Å². The Morgan fingerprint density at radius 1 is 1.08 bits per heavy atom. The molecule has 2 fully saturated rings. The van der Waals surface area contributed by atoms with E-state index >= 15 is 0 Å². The molecule has 134 valence electrons. The molecule has 26 heavy (non-hydrogen) atoms. The molecule has 5 nitrogen and oxygen atoms in total. The lowest BCUT2D eigenvalue weighted by Crippen LogP contribution is -2.42. The first kappa shape index (κ1) is 15.8. The number of likely N-dealkylation sites (tertiary alicyclic amines) is 1. The molecule has 1 aliphatic carbocycles. The van der Waals surface area contributed by atoms with Crippen LogP contribution in [-0.4, -0.2) is 47.5 Å². The molecule has 0 N–H and O–H groups in total. The lowest BCUT2D eigenvalue weighted by molar-refractivity contribution is -0.137. The monoisotopic (exact) mass is 348 g/mol. The summed E-state index contributed by atoms with van der Waals surface area (Å²) in [4.78, 5) is 26.7. The molecule has 1 amide bonds. The van der Waals surface area contributed by atoms with Crippen molar-refractivity contribution in [3.63, 3.8) is 0 Å². The fraction of sp³-hybridized carbons (Fsp3) is 0.476.